The molecule has 2 nitrogen and oxygen atoms in total. The minimum absolute atomic E-state index is 0.268. The molecule has 1 aromatic rings. The van der Waals surface area contributed by atoms with Crippen LogP contribution in [0, 0.1) is 5.92 Å². The van der Waals surface area contributed by atoms with Gasteiger partial charge in [-0.05, 0) is 49.4 Å². The molecule has 4 heteroatoms. The number of benzene rings is 1. The Morgan fingerprint density at radius 2 is 2.00 bits per heavy atom. The van der Waals surface area contributed by atoms with Crippen molar-refractivity contribution in [2.45, 2.75) is 39.2 Å². The largest absolute Gasteiger partial charge is 0.396 e. The molecule has 2 unspecified atom stereocenters. The standard InChI is InChI=1S/C15H23Cl2NO/c1-3-15(18-8-4-5-11(2)10-19)12-6-7-13(16)14(17)9-12/h6-7,9,11,15,18-19H,3-5,8,10H2,1-2H3. The zero-order valence-electron chi connectivity index (χ0n) is 11.6. The van der Waals surface area contributed by atoms with E-state index < -0.39 is 0 Å². The molecule has 0 aliphatic carbocycles. The Labute approximate surface area is 126 Å². The average Bonchev–Trinajstić information content (AvgIpc) is 2.42. The van der Waals surface area contributed by atoms with E-state index in [2.05, 4.69) is 19.2 Å². The maximum atomic E-state index is 8.98. The molecular weight excluding hydrogens is 281 g/mol. The van der Waals surface area contributed by atoms with Crippen molar-refractivity contribution < 1.29 is 5.11 Å². The molecule has 108 valence electrons. The van der Waals surface area contributed by atoms with Crippen molar-refractivity contribution >= 4 is 23.2 Å². The Balaban J connectivity index is 2.46. The van der Waals surface area contributed by atoms with Crippen LogP contribution in [0.1, 0.15) is 44.7 Å². The van der Waals surface area contributed by atoms with Gasteiger partial charge < -0.3 is 10.4 Å². The summed E-state index contributed by atoms with van der Waals surface area (Å²) < 4.78 is 0. The van der Waals surface area contributed by atoms with Crippen LogP contribution < -0.4 is 5.32 Å². The van der Waals surface area contributed by atoms with Gasteiger partial charge >= 0.3 is 0 Å². The topological polar surface area (TPSA) is 32.3 Å². The van der Waals surface area contributed by atoms with Gasteiger partial charge in [0.25, 0.3) is 0 Å². The third kappa shape index (κ3) is 5.70. The molecule has 0 aromatic heterocycles. The van der Waals surface area contributed by atoms with E-state index in [-0.39, 0.29) is 6.61 Å². The van der Waals surface area contributed by atoms with Crippen LogP contribution in [0.15, 0.2) is 18.2 Å². The molecule has 0 heterocycles. The summed E-state index contributed by atoms with van der Waals surface area (Å²) in [5.41, 5.74) is 1.17. The van der Waals surface area contributed by atoms with Crippen molar-refractivity contribution in [3.8, 4) is 0 Å². The van der Waals surface area contributed by atoms with Crippen LogP contribution in [0.3, 0.4) is 0 Å². The van der Waals surface area contributed by atoms with Crippen LogP contribution in [0.2, 0.25) is 10.0 Å². The van der Waals surface area contributed by atoms with Crippen LogP contribution in [0.5, 0.6) is 0 Å². The maximum Gasteiger partial charge on any atom is 0.0595 e. The van der Waals surface area contributed by atoms with E-state index in [1.165, 1.54) is 5.56 Å². The third-order valence-electron chi connectivity index (χ3n) is 3.33. The van der Waals surface area contributed by atoms with Gasteiger partial charge in [-0.15, -0.1) is 0 Å². The van der Waals surface area contributed by atoms with Gasteiger partial charge in [0.1, 0.15) is 0 Å². The third-order valence-corrected chi connectivity index (χ3v) is 4.07. The molecule has 2 atom stereocenters. The lowest BCUT2D eigenvalue weighted by molar-refractivity contribution is 0.227. The molecule has 1 aromatic carbocycles. The van der Waals surface area contributed by atoms with Crippen LogP contribution >= 0.6 is 23.2 Å². The summed E-state index contributed by atoms with van der Waals surface area (Å²) in [6.07, 6.45) is 3.12. The second-order valence-electron chi connectivity index (χ2n) is 5.02. The highest BCUT2D eigenvalue weighted by molar-refractivity contribution is 6.42. The van der Waals surface area contributed by atoms with E-state index in [0.29, 0.717) is 22.0 Å². The lowest BCUT2D eigenvalue weighted by atomic mass is 10.0. The normalized spacial score (nSPS) is 14.4. The van der Waals surface area contributed by atoms with Gasteiger partial charge in [0.2, 0.25) is 0 Å². The summed E-state index contributed by atoms with van der Waals surface area (Å²) in [6, 6.07) is 6.10. The Morgan fingerprint density at radius 3 is 2.58 bits per heavy atom. The monoisotopic (exact) mass is 303 g/mol. The Kier molecular flexibility index (Phi) is 7.77. The predicted molar refractivity (Wildman–Crippen MR) is 83.0 cm³/mol. The summed E-state index contributed by atoms with van der Waals surface area (Å²) in [4.78, 5) is 0. The first-order chi connectivity index (χ1) is 9.08. The number of halogens is 2. The SMILES string of the molecule is CCC(NCCCC(C)CO)c1ccc(Cl)c(Cl)c1. The molecule has 0 fully saturated rings. The molecule has 0 spiro atoms. The zero-order chi connectivity index (χ0) is 14.3. The molecule has 0 saturated heterocycles. The second kappa shape index (κ2) is 8.80. The van der Waals surface area contributed by atoms with Crippen LogP contribution in [-0.4, -0.2) is 18.3 Å². The smallest absolute Gasteiger partial charge is 0.0595 e. The number of rotatable bonds is 8. The Morgan fingerprint density at radius 1 is 1.26 bits per heavy atom. The first kappa shape index (κ1) is 16.8. The first-order valence-corrected chi connectivity index (χ1v) is 7.63. The zero-order valence-corrected chi connectivity index (χ0v) is 13.1. The number of aliphatic hydroxyl groups excluding tert-OH is 1. The van der Waals surface area contributed by atoms with Crippen molar-refractivity contribution in [1.29, 1.82) is 0 Å². The number of hydrogen-bond donors (Lipinski definition) is 2. The molecule has 0 aliphatic heterocycles. The van der Waals surface area contributed by atoms with Crippen molar-refractivity contribution in [2.24, 2.45) is 5.92 Å². The van der Waals surface area contributed by atoms with Gasteiger partial charge in [-0.1, -0.05) is 43.1 Å². The Hall–Kier alpha value is -0.280. The molecule has 0 bridgehead atoms. The summed E-state index contributed by atoms with van der Waals surface area (Å²) in [6.45, 7) is 5.43. The lowest BCUT2D eigenvalue weighted by Gasteiger charge is -2.18. The van der Waals surface area contributed by atoms with Crippen molar-refractivity contribution in [3.05, 3.63) is 33.8 Å². The highest BCUT2D eigenvalue weighted by Crippen LogP contribution is 2.26. The minimum atomic E-state index is 0.268. The van der Waals surface area contributed by atoms with E-state index in [4.69, 9.17) is 28.3 Å². The van der Waals surface area contributed by atoms with Gasteiger partial charge in [-0.25, -0.2) is 0 Å². The fraction of sp³-hybridized carbons (Fsp3) is 0.600. The fourth-order valence-electron chi connectivity index (χ4n) is 2.05. The van der Waals surface area contributed by atoms with Crippen molar-refractivity contribution in [1.82, 2.24) is 5.32 Å². The minimum Gasteiger partial charge on any atom is -0.396 e. The van der Waals surface area contributed by atoms with E-state index in [9.17, 15) is 0 Å². The van der Waals surface area contributed by atoms with E-state index >= 15 is 0 Å². The highest BCUT2D eigenvalue weighted by atomic mass is 35.5. The number of hydrogen-bond acceptors (Lipinski definition) is 2. The van der Waals surface area contributed by atoms with E-state index in [1.807, 2.05) is 18.2 Å². The van der Waals surface area contributed by atoms with Crippen LogP contribution in [0.4, 0.5) is 0 Å². The molecule has 1 rings (SSSR count). The molecule has 0 saturated carbocycles. The van der Waals surface area contributed by atoms with Gasteiger partial charge in [0, 0.05) is 12.6 Å². The van der Waals surface area contributed by atoms with Crippen LogP contribution in [-0.2, 0) is 0 Å². The molecular formula is C15H23Cl2NO. The first-order valence-electron chi connectivity index (χ1n) is 6.87. The predicted octanol–water partition coefficient (Wildman–Crippen LogP) is 4.44. The second-order valence-corrected chi connectivity index (χ2v) is 5.83. The Bertz CT molecular complexity index is 384. The van der Waals surface area contributed by atoms with E-state index in [1.54, 1.807) is 0 Å². The van der Waals surface area contributed by atoms with Gasteiger partial charge in [0.15, 0.2) is 0 Å². The van der Waals surface area contributed by atoms with Crippen molar-refractivity contribution in [3.63, 3.8) is 0 Å². The maximum absolute atomic E-state index is 8.98. The lowest BCUT2D eigenvalue weighted by Crippen LogP contribution is -2.22. The molecule has 2 N–H and O–H groups in total. The van der Waals surface area contributed by atoms with Gasteiger partial charge in [0.05, 0.1) is 10.0 Å². The van der Waals surface area contributed by atoms with Crippen molar-refractivity contribution in [2.75, 3.05) is 13.2 Å². The van der Waals surface area contributed by atoms with Gasteiger partial charge in [-0.2, -0.15) is 0 Å². The molecule has 19 heavy (non-hydrogen) atoms. The molecule has 0 aliphatic rings. The van der Waals surface area contributed by atoms with E-state index in [0.717, 1.165) is 25.8 Å². The fourth-order valence-corrected chi connectivity index (χ4v) is 2.35. The number of aliphatic hydroxyl groups is 1. The molecule has 0 amide bonds. The summed E-state index contributed by atoms with van der Waals surface area (Å²) in [7, 11) is 0. The van der Waals surface area contributed by atoms with Crippen LogP contribution in [0.25, 0.3) is 0 Å². The molecule has 0 radical (unpaired) electrons. The van der Waals surface area contributed by atoms with Gasteiger partial charge in [-0.3, -0.25) is 0 Å². The average molecular weight is 304 g/mol. The number of nitrogens with one attached hydrogen (secondary N) is 1. The highest BCUT2D eigenvalue weighted by Gasteiger charge is 2.10. The quantitative estimate of drug-likeness (QED) is 0.696. The summed E-state index contributed by atoms with van der Waals surface area (Å²) in [5, 5.41) is 13.7. The summed E-state index contributed by atoms with van der Waals surface area (Å²) in [5.74, 6) is 0.381. The summed E-state index contributed by atoms with van der Waals surface area (Å²) >= 11 is 12.0.